The van der Waals surface area contributed by atoms with Gasteiger partial charge >= 0.3 is 6.09 Å². The maximum atomic E-state index is 12.2. The van der Waals surface area contributed by atoms with Crippen LogP contribution in [0.2, 0.25) is 5.02 Å². The summed E-state index contributed by atoms with van der Waals surface area (Å²) in [5.41, 5.74) is 5.29. The van der Waals surface area contributed by atoms with Crippen molar-refractivity contribution in [2.24, 2.45) is 11.7 Å². The molecule has 0 radical (unpaired) electrons. The lowest BCUT2D eigenvalue weighted by atomic mass is 9.98. The van der Waals surface area contributed by atoms with Gasteiger partial charge in [0.05, 0.1) is 13.0 Å². The summed E-state index contributed by atoms with van der Waals surface area (Å²) in [4.78, 5) is 24.9. The van der Waals surface area contributed by atoms with Crippen molar-refractivity contribution in [2.45, 2.75) is 12.8 Å². The average molecular weight is 313 g/mol. The Morgan fingerprint density at radius 2 is 2.14 bits per heavy atom. The molecule has 7 heteroatoms. The number of methoxy groups -OCH3 is 1. The molecular weight excluding hydrogens is 296 g/mol. The summed E-state index contributed by atoms with van der Waals surface area (Å²) in [7, 11) is 1.48. The van der Waals surface area contributed by atoms with E-state index in [4.69, 9.17) is 26.8 Å². The average Bonchev–Trinajstić information content (AvgIpc) is 2.47. The van der Waals surface area contributed by atoms with Gasteiger partial charge in [-0.2, -0.15) is 0 Å². The zero-order chi connectivity index (χ0) is 15.4. The highest BCUT2D eigenvalue weighted by molar-refractivity contribution is 6.30. The number of ether oxygens (including phenoxy) is 2. The molecule has 6 nitrogen and oxygen atoms in total. The standard InChI is InChI=1S/C14H17ClN2O4/c1-20-11-5-4-10(15)7-12(11)21-14(19)17-6-2-3-9(8-17)13(16)18/h4-5,7,9H,2-3,6,8H2,1H3,(H2,16,18)/t9-/m0/s1. The van der Waals surface area contributed by atoms with E-state index in [2.05, 4.69) is 0 Å². The molecule has 1 aliphatic heterocycles. The van der Waals surface area contributed by atoms with Gasteiger partial charge in [0, 0.05) is 24.2 Å². The van der Waals surface area contributed by atoms with Crippen molar-refractivity contribution >= 4 is 23.6 Å². The Labute approximate surface area is 127 Å². The molecule has 114 valence electrons. The maximum absolute atomic E-state index is 12.2. The van der Waals surface area contributed by atoms with E-state index in [1.54, 1.807) is 12.1 Å². The predicted octanol–water partition coefficient (Wildman–Crippen LogP) is 2.04. The lowest BCUT2D eigenvalue weighted by Crippen LogP contribution is -2.45. The first-order valence-corrected chi connectivity index (χ1v) is 6.98. The van der Waals surface area contributed by atoms with Gasteiger partial charge in [-0.3, -0.25) is 4.79 Å². The van der Waals surface area contributed by atoms with Gasteiger partial charge in [-0.05, 0) is 25.0 Å². The van der Waals surface area contributed by atoms with E-state index < -0.39 is 12.0 Å². The lowest BCUT2D eigenvalue weighted by Gasteiger charge is -2.30. The normalized spacial score (nSPS) is 18.2. The van der Waals surface area contributed by atoms with E-state index in [9.17, 15) is 9.59 Å². The molecule has 21 heavy (non-hydrogen) atoms. The topological polar surface area (TPSA) is 81.9 Å². The number of amides is 2. The molecule has 2 rings (SSSR count). The van der Waals surface area contributed by atoms with Crippen molar-refractivity contribution in [3.05, 3.63) is 23.2 Å². The smallest absolute Gasteiger partial charge is 0.415 e. The number of primary amides is 1. The van der Waals surface area contributed by atoms with E-state index in [0.717, 1.165) is 6.42 Å². The zero-order valence-electron chi connectivity index (χ0n) is 11.7. The van der Waals surface area contributed by atoms with Crippen LogP contribution in [0.3, 0.4) is 0 Å². The number of piperidine rings is 1. The Morgan fingerprint density at radius 1 is 1.38 bits per heavy atom. The Kier molecular flexibility index (Phi) is 4.90. The number of likely N-dealkylation sites (tertiary alicyclic amines) is 1. The SMILES string of the molecule is COc1ccc(Cl)cc1OC(=O)N1CCC[C@H](C(N)=O)C1. The molecule has 1 aromatic carbocycles. The van der Waals surface area contributed by atoms with E-state index in [1.807, 2.05) is 0 Å². The second-order valence-corrected chi connectivity index (χ2v) is 5.29. The summed E-state index contributed by atoms with van der Waals surface area (Å²) in [6.45, 7) is 0.808. The van der Waals surface area contributed by atoms with Gasteiger partial charge in [-0.15, -0.1) is 0 Å². The summed E-state index contributed by atoms with van der Waals surface area (Å²) >= 11 is 5.89. The second kappa shape index (κ2) is 6.67. The first-order valence-electron chi connectivity index (χ1n) is 6.61. The number of carbonyl (C=O) groups excluding carboxylic acids is 2. The van der Waals surface area contributed by atoms with E-state index in [0.29, 0.717) is 23.7 Å². The van der Waals surface area contributed by atoms with Crippen LogP contribution in [0.1, 0.15) is 12.8 Å². The summed E-state index contributed by atoms with van der Waals surface area (Å²) < 4.78 is 10.4. The minimum Gasteiger partial charge on any atom is -0.493 e. The molecule has 1 aliphatic rings. The molecule has 2 amide bonds. The van der Waals surface area contributed by atoms with Crippen LogP contribution in [0.25, 0.3) is 0 Å². The quantitative estimate of drug-likeness (QED) is 0.926. The molecule has 1 aromatic rings. The molecule has 0 aliphatic carbocycles. The van der Waals surface area contributed by atoms with Crippen molar-refractivity contribution in [3.8, 4) is 11.5 Å². The Balaban J connectivity index is 2.07. The van der Waals surface area contributed by atoms with Crippen LogP contribution in [0.5, 0.6) is 11.5 Å². The first kappa shape index (κ1) is 15.4. The van der Waals surface area contributed by atoms with Crippen LogP contribution in [-0.4, -0.2) is 37.1 Å². The number of halogens is 1. The molecule has 1 fully saturated rings. The van der Waals surface area contributed by atoms with Crippen LogP contribution in [0.15, 0.2) is 18.2 Å². The highest BCUT2D eigenvalue weighted by Crippen LogP contribution is 2.30. The van der Waals surface area contributed by atoms with Crippen LogP contribution in [-0.2, 0) is 4.79 Å². The largest absolute Gasteiger partial charge is 0.493 e. The molecule has 1 heterocycles. The van der Waals surface area contributed by atoms with Crippen LogP contribution >= 0.6 is 11.6 Å². The Hall–Kier alpha value is -1.95. The molecule has 0 unspecified atom stereocenters. The third-order valence-corrected chi connectivity index (χ3v) is 3.64. The fraction of sp³-hybridized carbons (Fsp3) is 0.429. The predicted molar refractivity (Wildman–Crippen MR) is 77.5 cm³/mol. The highest BCUT2D eigenvalue weighted by Gasteiger charge is 2.28. The van der Waals surface area contributed by atoms with Gasteiger partial charge in [0.15, 0.2) is 11.5 Å². The summed E-state index contributed by atoms with van der Waals surface area (Å²) in [5.74, 6) is -0.0622. The third kappa shape index (κ3) is 3.78. The fourth-order valence-electron chi connectivity index (χ4n) is 2.26. The van der Waals surface area contributed by atoms with E-state index >= 15 is 0 Å². The third-order valence-electron chi connectivity index (χ3n) is 3.40. The minimum absolute atomic E-state index is 0.246. The van der Waals surface area contributed by atoms with E-state index in [1.165, 1.54) is 18.1 Å². The number of hydrogen-bond donors (Lipinski definition) is 1. The number of hydrogen-bond acceptors (Lipinski definition) is 4. The summed E-state index contributed by atoms with van der Waals surface area (Å²) in [6.07, 6.45) is 0.871. The van der Waals surface area contributed by atoms with Gasteiger partial charge in [0.1, 0.15) is 0 Å². The molecule has 0 spiro atoms. The molecular formula is C14H17ClN2O4. The van der Waals surface area contributed by atoms with Crippen LogP contribution < -0.4 is 15.2 Å². The number of nitrogens with two attached hydrogens (primary N) is 1. The summed E-state index contributed by atoms with van der Waals surface area (Å²) in [6, 6.07) is 4.77. The second-order valence-electron chi connectivity index (χ2n) is 4.85. The number of rotatable bonds is 3. The maximum Gasteiger partial charge on any atom is 0.415 e. The molecule has 1 saturated heterocycles. The highest BCUT2D eigenvalue weighted by atomic mass is 35.5. The van der Waals surface area contributed by atoms with Gasteiger partial charge < -0.3 is 20.1 Å². The minimum atomic E-state index is -0.540. The zero-order valence-corrected chi connectivity index (χ0v) is 12.4. The van der Waals surface area contributed by atoms with Crippen molar-refractivity contribution < 1.29 is 19.1 Å². The van der Waals surface area contributed by atoms with Crippen molar-refractivity contribution in [1.82, 2.24) is 4.90 Å². The number of benzene rings is 1. The first-order chi connectivity index (χ1) is 10.0. The van der Waals surface area contributed by atoms with Crippen molar-refractivity contribution in [2.75, 3.05) is 20.2 Å². The number of carbonyl (C=O) groups is 2. The molecule has 0 saturated carbocycles. The molecule has 1 atom stereocenters. The van der Waals surface area contributed by atoms with Gasteiger partial charge in [-0.1, -0.05) is 11.6 Å². The van der Waals surface area contributed by atoms with Crippen LogP contribution in [0.4, 0.5) is 4.79 Å². The molecule has 2 N–H and O–H groups in total. The van der Waals surface area contributed by atoms with Gasteiger partial charge in [-0.25, -0.2) is 4.79 Å². The number of nitrogens with zero attached hydrogens (tertiary/aromatic N) is 1. The van der Waals surface area contributed by atoms with Gasteiger partial charge in [0.2, 0.25) is 5.91 Å². The summed E-state index contributed by atoms with van der Waals surface area (Å²) in [5, 5.41) is 0.437. The monoisotopic (exact) mass is 312 g/mol. The lowest BCUT2D eigenvalue weighted by molar-refractivity contribution is -0.123. The molecule has 0 bridgehead atoms. The Morgan fingerprint density at radius 3 is 2.81 bits per heavy atom. The van der Waals surface area contributed by atoms with Gasteiger partial charge in [0.25, 0.3) is 0 Å². The Bertz CT molecular complexity index is 550. The van der Waals surface area contributed by atoms with Crippen molar-refractivity contribution in [3.63, 3.8) is 0 Å². The molecule has 0 aromatic heterocycles. The fourth-order valence-corrected chi connectivity index (χ4v) is 2.43. The van der Waals surface area contributed by atoms with E-state index in [-0.39, 0.29) is 18.2 Å². The van der Waals surface area contributed by atoms with Crippen molar-refractivity contribution in [1.29, 1.82) is 0 Å². The van der Waals surface area contributed by atoms with Crippen LogP contribution in [0, 0.1) is 5.92 Å².